The molecule has 7 heteroatoms. The molecule has 1 aliphatic rings. The van der Waals surface area contributed by atoms with Crippen molar-refractivity contribution >= 4 is 25.8 Å². The molecule has 0 saturated carbocycles. The van der Waals surface area contributed by atoms with E-state index in [9.17, 15) is 17.9 Å². The van der Waals surface area contributed by atoms with E-state index in [0.29, 0.717) is 10.0 Å². The fourth-order valence-electron chi connectivity index (χ4n) is 2.48. The van der Waals surface area contributed by atoms with Gasteiger partial charge in [-0.25, -0.2) is 12.8 Å². The Morgan fingerprint density at radius 3 is 2.74 bits per heavy atom. The molecule has 1 fully saturated rings. The predicted molar refractivity (Wildman–Crippen MR) is 73.8 cm³/mol. The van der Waals surface area contributed by atoms with Gasteiger partial charge in [0.1, 0.15) is 5.82 Å². The van der Waals surface area contributed by atoms with E-state index >= 15 is 0 Å². The minimum atomic E-state index is -3.19. The number of hydrogen-bond donors (Lipinski definition) is 2. The van der Waals surface area contributed by atoms with Crippen LogP contribution in [0.2, 0.25) is 0 Å². The van der Waals surface area contributed by atoms with Gasteiger partial charge in [0.05, 0.1) is 17.6 Å². The molecule has 0 aromatic heterocycles. The summed E-state index contributed by atoms with van der Waals surface area (Å²) >= 11 is 3.24. The van der Waals surface area contributed by atoms with Crippen molar-refractivity contribution in [3.8, 4) is 0 Å². The highest BCUT2D eigenvalue weighted by Gasteiger charge is 2.47. The lowest BCUT2D eigenvalue weighted by molar-refractivity contribution is 0.0464. The number of hydrogen-bond acceptors (Lipinski definition) is 4. The van der Waals surface area contributed by atoms with Crippen LogP contribution in [0.1, 0.15) is 18.1 Å². The van der Waals surface area contributed by atoms with Gasteiger partial charge in [-0.15, -0.1) is 0 Å². The summed E-state index contributed by atoms with van der Waals surface area (Å²) in [6.07, 6.45) is -0.824. The average molecular weight is 352 g/mol. The summed E-state index contributed by atoms with van der Waals surface area (Å²) in [6, 6.07) is 3.96. The van der Waals surface area contributed by atoms with Crippen LogP contribution < -0.4 is 5.73 Å². The molecule has 3 N–H and O–H groups in total. The highest BCUT2D eigenvalue weighted by molar-refractivity contribution is 9.10. The monoisotopic (exact) mass is 351 g/mol. The van der Waals surface area contributed by atoms with Crippen LogP contribution in [0.3, 0.4) is 0 Å². The average Bonchev–Trinajstić information content (AvgIpc) is 2.68. The van der Waals surface area contributed by atoms with Crippen LogP contribution in [0, 0.1) is 11.2 Å². The molecule has 2 unspecified atom stereocenters. The maximum atomic E-state index is 13.3. The van der Waals surface area contributed by atoms with Crippen LogP contribution in [-0.2, 0) is 9.84 Å². The van der Waals surface area contributed by atoms with Crippen LogP contribution >= 0.6 is 15.9 Å². The molecule has 2 rings (SSSR count). The second-order valence-corrected chi connectivity index (χ2v) is 8.02. The lowest BCUT2D eigenvalue weighted by atomic mass is 9.78. The van der Waals surface area contributed by atoms with Crippen LogP contribution in [-0.4, -0.2) is 31.6 Å². The smallest absolute Gasteiger partial charge is 0.151 e. The zero-order chi connectivity index (χ0) is 14.3. The first-order chi connectivity index (χ1) is 8.80. The topological polar surface area (TPSA) is 80.4 Å². The van der Waals surface area contributed by atoms with E-state index in [2.05, 4.69) is 15.9 Å². The van der Waals surface area contributed by atoms with E-state index < -0.39 is 27.2 Å². The van der Waals surface area contributed by atoms with Crippen LogP contribution in [0.25, 0.3) is 0 Å². The summed E-state index contributed by atoms with van der Waals surface area (Å²) in [5, 5.41) is 10.5. The van der Waals surface area contributed by atoms with Gasteiger partial charge in [0.15, 0.2) is 9.84 Å². The zero-order valence-electron chi connectivity index (χ0n) is 10.1. The zero-order valence-corrected chi connectivity index (χ0v) is 12.5. The van der Waals surface area contributed by atoms with Gasteiger partial charge in [-0.1, -0.05) is 15.9 Å². The summed E-state index contributed by atoms with van der Waals surface area (Å²) in [6.45, 7) is 0.0380. The van der Waals surface area contributed by atoms with Gasteiger partial charge in [0.2, 0.25) is 0 Å². The number of halogens is 2. The Morgan fingerprint density at radius 1 is 1.53 bits per heavy atom. The van der Waals surface area contributed by atoms with E-state index in [1.165, 1.54) is 18.2 Å². The number of aliphatic hydroxyl groups excluding tert-OH is 1. The van der Waals surface area contributed by atoms with E-state index in [4.69, 9.17) is 5.73 Å². The number of benzene rings is 1. The summed E-state index contributed by atoms with van der Waals surface area (Å²) in [5.41, 5.74) is 5.08. The predicted octanol–water partition coefficient (Wildman–Crippen LogP) is 1.39. The van der Waals surface area contributed by atoms with Gasteiger partial charge in [0, 0.05) is 16.4 Å². The molecule has 1 aliphatic heterocycles. The second-order valence-electron chi connectivity index (χ2n) is 4.98. The van der Waals surface area contributed by atoms with Gasteiger partial charge >= 0.3 is 0 Å². The Labute approximate surface area is 119 Å². The fraction of sp³-hybridized carbons (Fsp3) is 0.500. The van der Waals surface area contributed by atoms with Gasteiger partial charge in [0.25, 0.3) is 0 Å². The molecular formula is C12H15BrFNO3S. The van der Waals surface area contributed by atoms with Gasteiger partial charge < -0.3 is 10.8 Å². The maximum Gasteiger partial charge on any atom is 0.151 e. The van der Waals surface area contributed by atoms with Gasteiger partial charge in [-0.3, -0.25) is 0 Å². The first-order valence-corrected chi connectivity index (χ1v) is 8.45. The number of aliphatic hydroxyl groups is 1. The van der Waals surface area contributed by atoms with Crippen molar-refractivity contribution in [3.05, 3.63) is 34.1 Å². The summed E-state index contributed by atoms with van der Waals surface area (Å²) in [7, 11) is -3.19. The highest BCUT2D eigenvalue weighted by atomic mass is 79.9. The first-order valence-electron chi connectivity index (χ1n) is 5.83. The molecule has 1 saturated heterocycles. The quantitative estimate of drug-likeness (QED) is 0.862. The molecular weight excluding hydrogens is 337 g/mol. The third-order valence-corrected chi connectivity index (χ3v) is 6.22. The largest absolute Gasteiger partial charge is 0.388 e. The Morgan fingerprint density at radius 2 is 2.21 bits per heavy atom. The number of sulfone groups is 1. The summed E-state index contributed by atoms with van der Waals surface area (Å²) in [5.74, 6) is -0.639. The fourth-order valence-corrected chi connectivity index (χ4v) is 5.10. The standard InChI is InChI=1S/C12H15BrFNO3S/c13-10-2-1-8(14)5-9(10)11(16)12(6-15)3-4-19(17,18)7-12/h1-2,5,11,16H,3-4,6-7,15H2. The third kappa shape index (κ3) is 2.84. The second kappa shape index (κ2) is 5.12. The SMILES string of the molecule is NCC1(C(O)c2cc(F)ccc2Br)CCS(=O)(=O)C1. The molecule has 0 aliphatic carbocycles. The molecule has 0 radical (unpaired) electrons. The maximum absolute atomic E-state index is 13.3. The Balaban J connectivity index is 2.42. The van der Waals surface area contributed by atoms with Crippen LogP contribution in [0.4, 0.5) is 4.39 Å². The third-order valence-electron chi connectivity index (χ3n) is 3.66. The minimum absolute atomic E-state index is 0.00813. The van der Waals surface area contributed by atoms with Crippen LogP contribution in [0.15, 0.2) is 22.7 Å². The summed E-state index contributed by atoms with van der Waals surface area (Å²) < 4.78 is 37.1. The Hall–Kier alpha value is -0.500. The molecule has 19 heavy (non-hydrogen) atoms. The first kappa shape index (κ1) is 14.9. The van der Waals surface area contributed by atoms with Crippen molar-refractivity contribution in [2.45, 2.75) is 12.5 Å². The lowest BCUT2D eigenvalue weighted by Crippen LogP contribution is -2.38. The highest BCUT2D eigenvalue weighted by Crippen LogP contribution is 2.44. The number of rotatable bonds is 3. The normalized spacial score (nSPS) is 27.4. The molecule has 0 spiro atoms. The van der Waals surface area contributed by atoms with Gasteiger partial charge in [-0.2, -0.15) is 0 Å². The molecule has 0 amide bonds. The molecule has 2 atom stereocenters. The van der Waals surface area contributed by atoms with E-state index in [1.54, 1.807) is 0 Å². The van der Waals surface area contributed by atoms with Crippen molar-refractivity contribution in [2.75, 3.05) is 18.1 Å². The van der Waals surface area contributed by atoms with E-state index in [0.717, 1.165) is 0 Å². The molecule has 4 nitrogen and oxygen atoms in total. The number of nitrogens with two attached hydrogens (primary N) is 1. The lowest BCUT2D eigenvalue weighted by Gasteiger charge is -2.32. The van der Waals surface area contributed by atoms with Crippen molar-refractivity contribution in [1.82, 2.24) is 0 Å². The van der Waals surface area contributed by atoms with Crippen molar-refractivity contribution in [3.63, 3.8) is 0 Å². The van der Waals surface area contributed by atoms with Crippen molar-refractivity contribution in [2.24, 2.45) is 11.1 Å². The van der Waals surface area contributed by atoms with E-state index in [-0.39, 0.29) is 24.5 Å². The van der Waals surface area contributed by atoms with Gasteiger partial charge in [-0.05, 0) is 30.2 Å². The van der Waals surface area contributed by atoms with E-state index in [1.807, 2.05) is 0 Å². The Kier molecular flexibility index (Phi) is 4.02. The van der Waals surface area contributed by atoms with Crippen molar-refractivity contribution in [1.29, 1.82) is 0 Å². The van der Waals surface area contributed by atoms with Crippen molar-refractivity contribution < 1.29 is 17.9 Å². The molecule has 0 bridgehead atoms. The summed E-state index contributed by atoms with van der Waals surface area (Å²) in [4.78, 5) is 0. The molecule has 1 heterocycles. The Bertz CT molecular complexity index is 593. The van der Waals surface area contributed by atoms with Crippen LogP contribution in [0.5, 0.6) is 0 Å². The molecule has 1 aromatic rings. The molecule has 1 aromatic carbocycles. The minimum Gasteiger partial charge on any atom is -0.388 e. The molecule has 106 valence electrons.